The molecule has 0 aliphatic carbocycles. The second-order valence-corrected chi connectivity index (χ2v) is 3.31. The van der Waals surface area contributed by atoms with Gasteiger partial charge in [0.2, 0.25) is 11.8 Å². The Balaban J connectivity index is 2.36. The molecule has 1 rings (SSSR count). The van der Waals surface area contributed by atoms with Gasteiger partial charge in [-0.05, 0) is 0 Å². The van der Waals surface area contributed by atoms with Gasteiger partial charge < -0.3 is 20.8 Å². The minimum Gasteiger partial charge on any atom is -0.394 e. The van der Waals surface area contributed by atoms with Crippen molar-refractivity contribution in [1.29, 1.82) is 0 Å². The van der Waals surface area contributed by atoms with Gasteiger partial charge in [-0.3, -0.25) is 14.9 Å². The van der Waals surface area contributed by atoms with Crippen molar-refractivity contribution in [2.24, 2.45) is 0 Å². The van der Waals surface area contributed by atoms with Crippen LogP contribution in [-0.2, 0) is 9.59 Å². The van der Waals surface area contributed by atoms with E-state index in [1.807, 2.05) is 0 Å². The summed E-state index contributed by atoms with van der Waals surface area (Å²) in [6.45, 7) is -0.322. The lowest BCUT2D eigenvalue weighted by Gasteiger charge is -2.24. The fourth-order valence-corrected chi connectivity index (χ4v) is 1.20. The van der Waals surface area contributed by atoms with E-state index in [-0.39, 0.29) is 38.1 Å². The van der Waals surface area contributed by atoms with Crippen molar-refractivity contribution in [2.75, 3.05) is 26.3 Å². The number of aliphatic hydroxyl groups excluding tert-OH is 2. The van der Waals surface area contributed by atoms with Crippen LogP contribution in [0.3, 0.4) is 0 Å². The van der Waals surface area contributed by atoms with Crippen LogP contribution in [0.5, 0.6) is 0 Å². The highest BCUT2D eigenvalue weighted by Gasteiger charge is 2.24. The van der Waals surface area contributed by atoms with Gasteiger partial charge in [0.1, 0.15) is 6.04 Å². The molecule has 0 radical (unpaired) electrons. The molecule has 1 unspecified atom stereocenters. The molecular formula is C8H15N3O4. The molecule has 0 aromatic carbocycles. The molecule has 15 heavy (non-hydrogen) atoms. The Morgan fingerprint density at radius 3 is 2.67 bits per heavy atom. The van der Waals surface area contributed by atoms with Gasteiger partial charge in [-0.1, -0.05) is 0 Å². The molecule has 2 amide bonds. The van der Waals surface area contributed by atoms with Crippen LogP contribution in [0.1, 0.15) is 0 Å². The van der Waals surface area contributed by atoms with E-state index in [0.717, 1.165) is 0 Å². The Morgan fingerprint density at radius 2 is 2.20 bits per heavy atom. The first-order valence-corrected chi connectivity index (χ1v) is 4.69. The molecule has 86 valence electrons. The predicted octanol–water partition coefficient (Wildman–Crippen LogP) is -3.46. The quantitative estimate of drug-likeness (QED) is 0.336. The Morgan fingerprint density at radius 1 is 1.53 bits per heavy atom. The fraction of sp³-hybridized carbons (Fsp3) is 0.750. The van der Waals surface area contributed by atoms with Crippen LogP contribution in [0.15, 0.2) is 0 Å². The van der Waals surface area contributed by atoms with E-state index >= 15 is 0 Å². The lowest BCUT2D eigenvalue weighted by Crippen LogP contribution is -2.59. The zero-order chi connectivity index (χ0) is 11.3. The molecule has 1 saturated heterocycles. The van der Waals surface area contributed by atoms with Gasteiger partial charge in [-0.25, -0.2) is 0 Å². The van der Waals surface area contributed by atoms with Crippen molar-refractivity contribution < 1.29 is 19.8 Å². The number of carbonyl (C=O) groups is 2. The van der Waals surface area contributed by atoms with Crippen molar-refractivity contribution in [1.82, 2.24) is 16.0 Å². The lowest BCUT2D eigenvalue weighted by atomic mass is 10.2. The SMILES string of the molecule is O=C1CNC(C(=O)NC(CO)CO)CN1. The van der Waals surface area contributed by atoms with E-state index in [1.54, 1.807) is 0 Å². The molecule has 0 aromatic rings. The van der Waals surface area contributed by atoms with Gasteiger partial charge in [0.15, 0.2) is 0 Å². The average molecular weight is 217 g/mol. The minimum absolute atomic E-state index is 0.0982. The number of hydrogen-bond donors (Lipinski definition) is 5. The maximum Gasteiger partial charge on any atom is 0.239 e. The summed E-state index contributed by atoms with van der Waals surface area (Å²) in [6, 6.07) is -1.17. The molecule has 1 aliphatic rings. The van der Waals surface area contributed by atoms with Crippen LogP contribution in [0, 0.1) is 0 Å². The van der Waals surface area contributed by atoms with E-state index in [0.29, 0.717) is 0 Å². The molecule has 0 saturated carbocycles. The summed E-state index contributed by atoms with van der Waals surface area (Å²) in [7, 11) is 0. The molecule has 7 nitrogen and oxygen atoms in total. The molecule has 1 heterocycles. The fourth-order valence-electron chi connectivity index (χ4n) is 1.20. The van der Waals surface area contributed by atoms with Gasteiger partial charge in [-0.2, -0.15) is 0 Å². The minimum atomic E-state index is -0.656. The summed E-state index contributed by atoms with van der Waals surface area (Å²) in [5.41, 5.74) is 0. The first-order chi connectivity index (χ1) is 7.17. The average Bonchev–Trinajstić information content (AvgIpc) is 2.26. The summed E-state index contributed by atoms with van der Waals surface area (Å²) in [5.74, 6) is -0.497. The Hall–Kier alpha value is -1.18. The van der Waals surface area contributed by atoms with Gasteiger partial charge in [0.05, 0.1) is 25.8 Å². The second kappa shape index (κ2) is 5.64. The number of amides is 2. The molecule has 0 bridgehead atoms. The molecule has 1 fully saturated rings. The molecule has 5 N–H and O–H groups in total. The van der Waals surface area contributed by atoms with Crippen LogP contribution >= 0.6 is 0 Å². The van der Waals surface area contributed by atoms with E-state index in [1.165, 1.54) is 0 Å². The smallest absolute Gasteiger partial charge is 0.239 e. The molecule has 7 heteroatoms. The van der Waals surface area contributed by atoms with Crippen molar-refractivity contribution in [3.05, 3.63) is 0 Å². The van der Waals surface area contributed by atoms with Gasteiger partial charge in [0, 0.05) is 6.54 Å². The summed E-state index contributed by atoms with van der Waals surface area (Å²) in [4.78, 5) is 22.3. The summed E-state index contributed by atoms with van der Waals surface area (Å²) >= 11 is 0. The van der Waals surface area contributed by atoms with Gasteiger partial charge in [0.25, 0.3) is 0 Å². The third-order valence-corrected chi connectivity index (χ3v) is 2.12. The Kier molecular flexibility index (Phi) is 4.47. The van der Waals surface area contributed by atoms with Crippen LogP contribution in [0.4, 0.5) is 0 Å². The summed E-state index contributed by atoms with van der Waals surface area (Å²) < 4.78 is 0. The first kappa shape index (κ1) is 11.9. The lowest BCUT2D eigenvalue weighted by molar-refractivity contribution is -0.127. The largest absolute Gasteiger partial charge is 0.394 e. The topological polar surface area (TPSA) is 111 Å². The van der Waals surface area contributed by atoms with Crippen LogP contribution < -0.4 is 16.0 Å². The monoisotopic (exact) mass is 217 g/mol. The summed E-state index contributed by atoms with van der Waals surface area (Å²) in [5, 5.41) is 25.2. The van der Waals surface area contributed by atoms with Crippen molar-refractivity contribution >= 4 is 11.8 Å². The zero-order valence-electron chi connectivity index (χ0n) is 8.19. The van der Waals surface area contributed by atoms with Gasteiger partial charge in [-0.15, -0.1) is 0 Å². The molecule has 0 spiro atoms. The van der Waals surface area contributed by atoms with E-state index in [4.69, 9.17) is 10.2 Å². The van der Waals surface area contributed by atoms with E-state index in [9.17, 15) is 9.59 Å². The third kappa shape index (κ3) is 3.46. The first-order valence-electron chi connectivity index (χ1n) is 4.69. The number of hydrogen-bond acceptors (Lipinski definition) is 5. The Labute approximate surface area is 86.8 Å². The number of piperazine rings is 1. The van der Waals surface area contributed by atoms with Crippen molar-refractivity contribution in [3.8, 4) is 0 Å². The number of carbonyl (C=O) groups excluding carboxylic acids is 2. The van der Waals surface area contributed by atoms with Crippen LogP contribution in [-0.4, -0.2) is 60.4 Å². The summed E-state index contributed by atoms with van der Waals surface area (Å²) in [6.07, 6.45) is 0. The maximum absolute atomic E-state index is 11.5. The molecule has 1 atom stereocenters. The van der Waals surface area contributed by atoms with Gasteiger partial charge >= 0.3 is 0 Å². The highest BCUT2D eigenvalue weighted by atomic mass is 16.3. The highest BCUT2D eigenvalue weighted by Crippen LogP contribution is 1.90. The Bertz CT molecular complexity index is 232. The number of rotatable bonds is 4. The van der Waals surface area contributed by atoms with E-state index < -0.39 is 12.1 Å². The zero-order valence-corrected chi connectivity index (χ0v) is 8.19. The second-order valence-electron chi connectivity index (χ2n) is 3.31. The standard InChI is InChI=1S/C8H15N3O4/c12-3-5(4-13)11-8(15)6-1-10-7(14)2-9-6/h5-6,9,12-13H,1-4H2,(H,10,14)(H,11,15). The maximum atomic E-state index is 11.5. The third-order valence-electron chi connectivity index (χ3n) is 2.12. The van der Waals surface area contributed by atoms with Crippen LogP contribution in [0.25, 0.3) is 0 Å². The molecular weight excluding hydrogens is 202 g/mol. The van der Waals surface area contributed by atoms with Crippen molar-refractivity contribution in [2.45, 2.75) is 12.1 Å². The van der Waals surface area contributed by atoms with Crippen molar-refractivity contribution in [3.63, 3.8) is 0 Å². The van der Waals surface area contributed by atoms with Crippen LogP contribution in [0.2, 0.25) is 0 Å². The molecule has 0 aromatic heterocycles. The number of aliphatic hydroxyl groups is 2. The normalized spacial score (nSPS) is 21.3. The molecule has 1 aliphatic heterocycles. The van der Waals surface area contributed by atoms with E-state index in [2.05, 4.69) is 16.0 Å². The highest BCUT2D eigenvalue weighted by molar-refractivity contribution is 5.86. The number of nitrogens with one attached hydrogen (secondary N) is 3. The predicted molar refractivity (Wildman–Crippen MR) is 50.9 cm³/mol.